The number of sulfone groups is 1. The number of ether oxygens (including phenoxy) is 1. The van der Waals surface area contributed by atoms with E-state index in [0.29, 0.717) is 22.1 Å². The molecule has 0 aromatic heterocycles. The number of anilines is 2. The molecule has 0 saturated carbocycles. The molecule has 0 aliphatic rings. The highest BCUT2D eigenvalue weighted by Gasteiger charge is 2.16. The molecule has 3 aromatic rings. The minimum atomic E-state index is -3.45. The Balaban J connectivity index is 1.77. The van der Waals surface area contributed by atoms with Crippen molar-refractivity contribution in [2.24, 2.45) is 0 Å². The van der Waals surface area contributed by atoms with Gasteiger partial charge in [0, 0.05) is 22.5 Å². The Morgan fingerprint density at radius 2 is 1.66 bits per heavy atom. The molecule has 0 fully saturated rings. The fraction of sp³-hybridized carbons (Fsp3) is 0.0909. The lowest BCUT2D eigenvalue weighted by Crippen LogP contribution is -2.14. The van der Waals surface area contributed by atoms with Crippen LogP contribution in [0.2, 0.25) is 10.0 Å². The summed E-state index contributed by atoms with van der Waals surface area (Å²) < 4.78 is 28.6. The zero-order valence-corrected chi connectivity index (χ0v) is 19.3. The van der Waals surface area contributed by atoms with E-state index in [1.807, 2.05) is 0 Å². The van der Waals surface area contributed by atoms with Crippen molar-refractivity contribution >= 4 is 56.2 Å². The molecule has 0 heterocycles. The molecule has 0 unspecified atom stereocenters. The number of nitrogens with one attached hydrogen (secondary N) is 2. The number of carbonyl (C=O) groups excluding carboxylic acids is 2. The molecular formula is C22H18Cl2N2O5S. The largest absolute Gasteiger partial charge is 0.496 e. The molecule has 0 spiro atoms. The second kappa shape index (κ2) is 9.60. The van der Waals surface area contributed by atoms with Gasteiger partial charge in [-0.1, -0.05) is 29.3 Å². The molecule has 0 bridgehead atoms. The molecular weight excluding hydrogens is 475 g/mol. The minimum absolute atomic E-state index is 0.0331. The quantitative estimate of drug-likeness (QED) is 0.508. The van der Waals surface area contributed by atoms with Crippen LogP contribution in [-0.4, -0.2) is 33.6 Å². The van der Waals surface area contributed by atoms with Gasteiger partial charge in [-0.15, -0.1) is 0 Å². The van der Waals surface area contributed by atoms with E-state index in [4.69, 9.17) is 27.9 Å². The normalized spacial score (nSPS) is 11.0. The summed E-state index contributed by atoms with van der Waals surface area (Å²) in [6.07, 6.45) is 1.06. The Hall–Kier alpha value is -3.07. The predicted octanol–water partition coefficient (Wildman–Crippen LogP) is 4.91. The summed E-state index contributed by atoms with van der Waals surface area (Å²) in [6, 6.07) is 14.9. The van der Waals surface area contributed by atoms with Crippen LogP contribution in [0.4, 0.5) is 11.4 Å². The molecule has 3 rings (SSSR count). The Labute approximate surface area is 195 Å². The van der Waals surface area contributed by atoms with Crippen molar-refractivity contribution < 1.29 is 22.7 Å². The van der Waals surface area contributed by atoms with E-state index in [9.17, 15) is 18.0 Å². The van der Waals surface area contributed by atoms with Gasteiger partial charge in [-0.05, 0) is 54.6 Å². The van der Waals surface area contributed by atoms with Gasteiger partial charge in [0.25, 0.3) is 11.8 Å². The van der Waals surface area contributed by atoms with Gasteiger partial charge in [0.05, 0.1) is 28.3 Å². The number of halogens is 2. The molecule has 0 aliphatic carbocycles. The number of rotatable bonds is 6. The highest BCUT2D eigenvalue weighted by molar-refractivity contribution is 7.90. The third-order valence-electron chi connectivity index (χ3n) is 4.41. The zero-order valence-electron chi connectivity index (χ0n) is 17.0. The molecule has 0 radical (unpaired) electrons. The average Bonchev–Trinajstić information content (AvgIpc) is 2.75. The molecule has 32 heavy (non-hydrogen) atoms. The smallest absolute Gasteiger partial charge is 0.259 e. The van der Waals surface area contributed by atoms with Crippen LogP contribution in [0.15, 0.2) is 65.6 Å². The van der Waals surface area contributed by atoms with Crippen molar-refractivity contribution in [3.8, 4) is 5.75 Å². The van der Waals surface area contributed by atoms with Gasteiger partial charge in [-0.3, -0.25) is 9.59 Å². The van der Waals surface area contributed by atoms with Crippen LogP contribution >= 0.6 is 23.2 Å². The molecule has 0 saturated heterocycles. The lowest BCUT2D eigenvalue weighted by Gasteiger charge is -2.12. The van der Waals surface area contributed by atoms with Crippen molar-refractivity contribution in [1.29, 1.82) is 0 Å². The highest BCUT2D eigenvalue weighted by atomic mass is 35.5. The number of amides is 2. The highest BCUT2D eigenvalue weighted by Crippen LogP contribution is 2.28. The van der Waals surface area contributed by atoms with Crippen LogP contribution in [0.25, 0.3) is 0 Å². The first-order chi connectivity index (χ1) is 15.1. The van der Waals surface area contributed by atoms with Crippen molar-refractivity contribution in [1.82, 2.24) is 0 Å². The second-order valence-corrected chi connectivity index (χ2v) is 9.61. The van der Waals surface area contributed by atoms with Crippen LogP contribution in [-0.2, 0) is 9.84 Å². The summed E-state index contributed by atoms with van der Waals surface area (Å²) in [5.41, 5.74) is 1.09. The van der Waals surface area contributed by atoms with Crippen molar-refractivity contribution in [3.05, 3.63) is 81.8 Å². The molecule has 2 amide bonds. The molecule has 0 aliphatic heterocycles. The van der Waals surface area contributed by atoms with Gasteiger partial charge in [0.2, 0.25) is 0 Å². The fourth-order valence-electron chi connectivity index (χ4n) is 2.81. The van der Waals surface area contributed by atoms with Gasteiger partial charge in [-0.2, -0.15) is 0 Å². The van der Waals surface area contributed by atoms with E-state index in [1.165, 1.54) is 49.6 Å². The van der Waals surface area contributed by atoms with Gasteiger partial charge < -0.3 is 15.4 Å². The summed E-state index contributed by atoms with van der Waals surface area (Å²) in [5.74, 6) is -0.620. The van der Waals surface area contributed by atoms with E-state index >= 15 is 0 Å². The Bertz CT molecular complexity index is 1310. The lowest BCUT2D eigenvalue weighted by atomic mass is 10.1. The van der Waals surface area contributed by atoms with Gasteiger partial charge >= 0.3 is 0 Å². The first-order valence-electron chi connectivity index (χ1n) is 9.14. The third-order valence-corrected chi connectivity index (χ3v) is 6.06. The van der Waals surface area contributed by atoms with Crippen LogP contribution < -0.4 is 15.4 Å². The third kappa shape index (κ3) is 5.59. The molecule has 10 heteroatoms. The minimum Gasteiger partial charge on any atom is -0.496 e. The summed E-state index contributed by atoms with van der Waals surface area (Å²) in [4.78, 5) is 25.2. The summed E-state index contributed by atoms with van der Waals surface area (Å²) in [5, 5.41) is 5.88. The monoisotopic (exact) mass is 492 g/mol. The zero-order chi connectivity index (χ0) is 23.5. The Kier molecular flexibility index (Phi) is 7.08. The van der Waals surface area contributed by atoms with E-state index in [1.54, 1.807) is 18.2 Å². The van der Waals surface area contributed by atoms with Crippen molar-refractivity contribution in [2.45, 2.75) is 4.90 Å². The first-order valence-corrected chi connectivity index (χ1v) is 11.8. The topological polar surface area (TPSA) is 102 Å². The van der Waals surface area contributed by atoms with E-state index < -0.39 is 21.7 Å². The van der Waals surface area contributed by atoms with Crippen molar-refractivity contribution in [3.63, 3.8) is 0 Å². The maximum atomic E-state index is 12.6. The SMILES string of the molecule is COc1ccc(Cl)cc1C(=O)Nc1ccc(NC(=O)c2cccc(S(C)(=O)=O)c2)c(Cl)c1. The van der Waals surface area contributed by atoms with Crippen molar-refractivity contribution in [2.75, 3.05) is 24.0 Å². The average molecular weight is 493 g/mol. The summed E-state index contributed by atoms with van der Waals surface area (Å²) >= 11 is 12.2. The summed E-state index contributed by atoms with van der Waals surface area (Å²) in [7, 11) is -2.01. The lowest BCUT2D eigenvalue weighted by molar-refractivity contribution is 0.101. The number of hydrogen-bond acceptors (Lipinski definition) is 5. The molecule has 166 valence electrons. The van der Waals surface area contributed by atoms with E-state index in [-0.39, 0.29) is 21.0 Å². The number of hydrogen-bond donors (Lipinski definition) is 2. The Morgan fingerprint density at radius 3 is 2.31 bits per heavy atom. The molecule has 7 nitrogen and oxygen atoms in total. The van der Waals surface area contributed by atoms with Crippen LogP contribution in [0.3, 0.4) is 0 Å². The first kappa shape index (κ1) is 23.6. The van der Waals surface area contributed by atoms with Gasteiger partial charge in [-0.25, -0.2) is 8.42 Å². The molecule has 2 N–H and O–H groups in total. The van der Waals surface area contributed by atoms with Crippen LogP contribution in [0, 0.1) is 0 Å². The van der Waals surface area contributed by atoms with E-state index in [0.717, 1.165) is 6.26 Å². The number of methoxy groups -OCH3 is 1. The predicted molar refractivity (Wildman–Crippen MR) is 125 cm³/mol. The number of benzene rings is 3. The maximum absolute atomic E-state index is 12.6. The van der Waals surface area contributed by atoms with Gasteiger partial charge in [0.1, 0.15) is 5.75 Å². The fourth-order valence-corrected chi connectivity index (χ4v) is 3.88. The van der Waals surface area contributed by atoms with Gasteiger partial charge in [0.15, 0.2) is 9.84 Å². The standard InChI is InChI=1S/C22H18Cl2N2O5S/c1-31-20-9-6-14(23)11-17(20)22(28)25-15-7-8-19(18(24)12-15)26-21(27)13-4-3-5-16(10-13)32(2,29)30/h3-12H,1-2H3,(H,25,28)(H,26,27). The van der Waals surface area contributed by atoms with Crippen LogP contribution in [0.1, 0.15) is 20.7 Å². The Morgan fingerprint density at radius 1 is 0.906 bits per heavy atom. The molecule has 3 aromatic carbocycles. The molecule has 0 atom stereocenters. The number of carbonyl (C=O) groups is 2. The maximum Gasteiger partial charge on any atom is 0.259 e. The summed E-state index contributed by atoms with van der Waals surface area (Å²) in [6.45, 7) is 0. The van der Waals surface area contributed by atoms with Crippen LogP contribution in [0.5, 0.6) is 5.75 Å². The van der Waals surface area contributed by atoms with E-state index in [2.05, 4.69) is 10.6 Å². The second-order valence-electron chi connectivity index (χ2n) is 6.75.